The highest BCUT2D eigenvalue weighted by Crippen LogP contribution is 2.18. The number of nitrogens with zero attached hydrogens (tertiary/aromatic N) is 2. The molecule has 6 heteroatoms. The quantitative estimate of drug-likeness (QED) is 0.875. The van der Waals surface area contributed by atoms with E-state index in [0.717, 1.165) is 26.1 Å². The van der Waals surface area contributed by atoms with Crippen LogP contribution in [0.1, 0.15) is 23.7 Å². The monoisotopic (exact) mass is 282 g/mol. The van der Waals surface area contributed by atoms with Crippen LogP contribution in [0.15, 0.2) is 12.3 Å². The van der Waals surface area contributed by atoms with E-state index in [2.05, 4.69) is 22.1 Å². The van der Waals surface area contributed by atoms with Gasteiger partial charge < -0.3 is 16.0 Å². The molecule has 1 atom stereocenters. The number of rotatable bonds is 4. The Bertz CT molecular complexity index is 466. The summed E-state index contributed by atoms with van der Waals surface area (Å²) in [6.07, 6.45) is 2.53. The Morgan fingerprint density at radius 2 is 2.47 bits per heavy atom. The minimum Gasteiger partial charge on any atom is -0.384 e. The van der Waals surface area contributed by atoms with Crippen molar-refractivity contribution in [2.75, 3.05) is 31.9 Å². The standard InChI is InChI=1S/C13H19ClN4O/c1-2-18-4-3-9(8-18)6-17-13(19)10-5-12(15)16-7-11(10)14/h5,7,9H,2-4,6,8H2,1H3,(H2,15,16)(H,17,19). The van der Waals surface area contributed by atoms with Crippen LogP contribution in [-0.2, 0) is 0 Å². The minimum atomic E-state index is -0.186. The number of aromatic nitrogens is 1. The van der Waals surface area contributed by atoms with Gasteiger partial charge in [0.05, 0.1) is 10.6 Å². The van der Waals surface area contributed by atoms with Gasteiger partial charge in [0, 0.05) is 19.3 Å². The van der Waals surface area contributed by atoms with Crippen molar-refractivity contribution < 1.29 is 4.79 Å². The van der Waals surface area contributed by atoms with Gasteiger partial charge in [0.15, 0.2) is 0 Å². The molecule has 1 aromatic heterocycles. The van der Waals surface area contributed by atoms with Crippen LogP contribution in [0.25, 0.3) is 0 Å². The maximum atomic E-state index is 12.0. The molecule has 1 saturated heterocycles. The summed E-state index contributed by atoms with van der Waals surface area (Å²) in [7, 11) is 0. The van der Waals surface area contributed by atoms with Gasteiger partial charge in [-0.1, -0.05) is 18.5 Å². The van der Waals surface area contributed by atoms with Gasteiger partial charge in [-0.05, 0) is 31.5 Å². The predicted molar refractivity (Wildman–Crippen MR) is 76.2 cm³/mol. The molecule has 0 spiro atoms. The van der Waals surface area contributed by atoms with Crippen LogP contribution >= 0.6 is 11.6 Å². The highest BCUT2D eigenvalue weighted by atomic mass is 35.5. The number of nitrogens with two attached hydrogens (primary N) is 1. The number of anilines is 1. The Labute approximate surface area is 118 Å². The van der Waals surface area contributed by atoms with E-state index in [-0.39, 0.29) is 5.91 Å². The molecule has 1 aliphatic rings. The van der Waals surface area contributed by atoms with Crippen molar-refractivity contribution in [3.63, 3.8) is 0 Å². The molecule has 1 aliphatic heterocycles. The average Bonchev–Trinajstić information content (AvgIpc) is 2.87. The summed E-state index contributed by atoms with van der Waals surface area (Å²) in [4.78, 5) is 18.3. The molecule has 1 fully saturated rings. The highest BCUT2D eigenvalue weighted by molar-refractivity contribution is 6.33. The second-order valence-corrected chi connectivity index (χ2v) is 5.25. The number of likely N-dealkylation sites (tertiary alicyclic amines) is 1. The van der Waals surface area contributed by atoms with Gasteiger partial charge in [0.25, 0.3) is 5.91 Å². The molecule has 19 heavy (non-hydrogen) atoms. The van der Waals surface area contributed by atoms with Gasteiger partial charge in [-0.25, -0.2) is 4.98 Å². The zero-order valence-electron chi connectivity index (χ0n) is 11.0. The molecule has 1 aromatic rings. The minimum absolute atomic E-state index is 0.186. The van der Waals surface area contributed by atoms with Crippen molar-refractivity contribution in [3.05, 3.63) is 22.8 Å². The Morgan fingerprint density at radius 1 is 1.68 bits per heavy atom. The van der Waals surface area contributed by atoms with Crippen molar-refractivity contribution in [2.24, 2.45) is 5.92 Å². The zero-order chi connectivity index (χ0) is 13.8. The highest BCUT2D eigenvalue weighted by Gasteiger charge is 2.22. The summed E-state index contributed by atoms with van der Waals surface area (Å²) in [6, 6.07) is 1.50. The van der Waals surface area contributed by atoms with Gasteiger partial charge >= 0.3 is 0 Å². The van der Waals surface area contributed by atoms with Crippen LogP contribution < -0.4 is 11.1 Å². The molecular formula is C13H19ClN4O. The lowest BCUT2D eigenvalue weighted by Gasteiger charge is -2.14. The molecule has 1 unspecified atom stereocenters. The molecule has 3 N–H and O–H groups in total. The van der Waals surface area contributed by atoms with Gasteiger partial charge in [0.1, 0.15) is 5.82 Å². The molecular weight excluding hydrogens is 264 g/mol. The molecule has 0 saturated carbocycles. The Kier molecular flexibility index (Phi) is 4.61. The number of hydrogen-bond donors (Lipinski definition) is 2. The van der Waals surface area contributed by atoms with Gasteiger partial charge in [-0.15, -0.1) is 0 Å². The molecule has 1 amide bonds. The summed E-state index contributed by atoms with van der Waals surface area (Å²) >= 11 is 5.94. The molecule has 0 radical (unpaired) electrons. The third-order valence-corrected chi connectivity index (χ3v) is 3.79. The summed E-state index contributed by atoms with van der Waals surface area (Å²) < 4.78 is 0. The lowest BCUT2D eigenvalue weighted by atomic mass is 10.1. The number of carbonyl (C=O) groups is 1. The van der Waals surface area contributed by atoms with E-state index in [0.29, 0.717) is 28.9 Å². The van der Waals surface area contributed by atoms with E-state index in [1.807, 2.05) is 0 Å². The number of nitrogens with one attached hydrogen (secondary N) is 1. The molecule has 0 bridgehead atoms. The number of pyridine rings is 1. The first-order chi connectivity index (χ1) is 9.10. The second kappa shape index (κ2) is 6.21. The van der Waals surface area contributed by atoms with E-state index in [1.54, 1.807) is 0 Å². The van der Waals surface area contributed by atoms with Crippen molar-refractivity contribution in [3.8, 4) is 0 Å². The van der Waals surface area contributed by atoms with Crippen LogP contribution in [0.4, 0.5) is 5.82 Å². The average molecular weight is 283 g/mol. The predicted octanol–water partition coefficient (Wildman–Crippen LogP) is 1.39. The lowest BCUT2D eigenvalue weighted by molar-refractivity contribution is 0.0947. The largest absolute Gasteiger partial charge is 0.384 e. The van der Waals surface area contributed by atoms with Crippen LogP contribution in [0.3, 0.4) is 0 Å². The lowest BCUT2D eigenvalue weighted by Crippen LogP contribution is -2.31. The SMILES string of the molecule is CCN1CCC(CNC(=O)c2cc(N)ncc2Cl)C1. The van der Waals surface area contributed by atoms with E-state index in [9.17, 15) is 4.79 Å². The number of carbonyl (C=O) groups excluding carboxylic acids is 1. The topological polar surface area (TPSA) is 71.2 Å². The van der Waals surface area contributed by atoms with Gasteiger partial charge in [-0.2, -0.15) is 0 Å². The Morgan fingerprint density at radius 3 is 3.16 bits per heavy atom. The third kappa shape index (κ3) is 3.58. The van der Waals surface area contributed by atoms with E-state index >= 15 is 0 Å². The van der Waals surface area contributed by atoms with Crippen molar-refractivity contribution in [2.45, 2.75) is 13.3 Å². The summed E-state index contributed by atoms with van der Waals surface area (Å²) in [5.41, 5.74) is 5.95. The Balaban J connectivity index is 1.89. The first kappa shape index (κ1) is 14.1. The third-order valence-electron chi connectivity index (χ3n) is 3.49. The molecule has 2 heterocycles. The molecule has 5 nitrogen and oxygen atoms in total. The van der Waals surface area contributed by atoms with Crippen molar-refractivity contribution in [1.82, 2.24) is 15.2 Å². The van der Waals surface area contributed by atoms with E-state index in [1.165, 1.54) is 12.3 Å². The van der Waals surface area contributed by atoms with Crippen molar-refractivity contribution >= 4 is 23.3 Å². The smallest absolute Gasteiger partial charge is 0.253 e. The van der Waals surface area contributed by atoms with Crippen LogP contribution in [0.5, 0.6) is 0 Å². The summed E-state index contributed by atoms with van der Waals surface area (Å²) in [5, 5.41) is 3.25. The summed E-state index contributed by atoms with van der Waals surface area (Å²) in [6.45, 7) is 6.05. The zero-order valence-corrected chi connectivity index (χ0v) is 11.8. The van der Waals surface area contributed by atoms with Crippen LogP contribution in [0.2, 0.25) is 5.02 Å². The number of halogens is 1. The van der Waals surface area contributed by atoms with Crippen LogP contribution in [0, 0.1) is 5.92 Å². The van der Waals surface area contributed by atoms with Gasteiger partial charge in [-0.3, -0.25) is 4.79 Å². The Hall–Kier alpha value is -1.33. The van der Waals surface area contributed by atoms with Crippen LogP contribution in [-0.4, -0.2) is 42.0 Å². The van der Waals surface area contributed by atoms with Crippen molar-refractivity contribution in [1.29, 1.82) is 0 Å². The maximum Gasteiger partial charge on any atom is 0.253 e. The molecule has 0 aliphatic carbocycles. The number of amides is 1. The fourth-order valence-corrected chi connectivity index (χ4v) is 2.52. The fourth-order valence-electron chi connectivity index (χ4n) is 2.33. The normalized spacial score (nSPS) is 19.6. The van der Waals surface area contributed by atoms with E-state index < -0.39 is 0 Å². The number of nitrogen functional groups attached to an aromatic ring is 1. The molecule has 104 valence electrons. The van der Waals surface area contributed by atoms with Gasteiger partial charge in [0.2, 0.25) is 0 Å². The second-order valence-electron chi connectivity index (χ2n) is 4.85. The first-order valence-corrected chi connectivity index (χ1v) is 6.89. The summed E-state index contributed by atoms with van der Waals surface area (Å²) in [5.74, 6) is 0.628. The fraction of sp³-hybridized carbons (Fsp3) is 0.538. The number of hydrogen-bond acceptors (Lipinski definition) is 4. The maximum absolute atomic E-state index is 12.0. The molecule has 0 aromatic carbocycles. The molecule has 2 rings (SSSR count). The first-order valence-electron chi connectivity index (χ1n) is 6.51. The van der Waals surface area contributed by atoms with E-state index in [4.69, 9.17) is 17.3 Å².